The average molecular weight is 315 g/mol. The fourth-order valence-electron chi connectivity index (χ4n) is 3.44. The molecular formula is C16H15N2O5-. The van der Waals surface area contributed by atoms with E-state index in [0.29, 0.717) is 6.42 Å². The van der Waals surface area contributed by atoms with E-state index in [-0.39, 0.29) is 23.1 Å². The molecule has 1 aromatic carbocycles. The third kappa shape index (κ3) is 2.65. The SMILES string of the molecule is O=C(NNC(=O)[C@H]1[C@H](C(=O)[O-])[C@@H]2C=C[C@H]1C2)c1ccccc1O. The Hall–Kier alpha value is -2.83. The van der Waals surface area contributed by atoms with Crippen LogP contribution >= 0.6 is 0 Å². The number of amides is 2. The lowest BCUT2D eigenvalue weighted by Gasteiger charge is -2.27. The van der Waals surface area contributed by atoms with Crippen LogP contribution in [0.5, 0.6) is 5.75 Å². The summed E-state index contributed by atoms with van der Waals surface area (Å²) in [6, 6.07) is 5.89. The van der Waals surface area contributed by atoms with Crippen molar-refractivity contribution in [2.45, 2.75) is 6.42 Å². The highest BCUT2D eigenvalue weighted by Crippen LogP contribution is 2.47. The molecule has 1 saturated carbocycles. The molecule has 0 aliphatic heterocycles. The number of phenols is 1. The van der Waals surface area contributed by atoms with Gasteiger partial charge in [-0.1, -0.05) is 24.3 Å². The first-order valence-electron chi connectivity index (χ1n) is 7.26. The maximum absolute atomic E-state index is 12.3. The van der Waals surface area contributed by atoms with Crippen LogP contribution in [-0.2, 0) is 9.59 Å². The first-order valence-corrected chi connectivity index (χ1v) is 7.26. The Bertz CT molecular complexity index is 699. The van der Waals surface area contributed by atoms with Gasteiger partial charge in [0.1, 0.15) is 5.75 Å². The number of phenolic OH excluding ortho intramolecular Hbond substituents is 1. The number of hydrogen-bond acceptors (Lipinski definition) is 5. The third-order valence-corrected chi connectivity index (χ3v) is 4.48. The van der Waals surface area contributed by atoms with Gasteiger partial charge in [-0.2, -0.15) is 0 Å². The van der Waals surface area contributed by atoms with Crippen molar-refractivity contribution >= 4 is 17.8 Å². The molecule has 1 fully saturated rings. The summed E-state index contributed by atoms with van der Waals surface area (Å²) in [5.41, 5.74) is 4.46. The molecule has 2 amide bonds. The minimum absolute atomic E-state index is 0.0112. The van der Waals surface area contributed by atoms with Gasteiger partial charge in [0.25, 0.3) is 5.91 Å². The number of aromatic hydroxyl groups is 1. The number of rotatable bonds is 3. The van der Waals surface area contributed by atoms with Crippen molar-refractivity contribution in [3.63, 3.8) is 0 Å². The molecule has 0 saturated heterocycles. The van der Waals surface area contributed by atoms with Crippen LogP contribution in [0.2, 0.25) is 0 Å². The number of nitrogens with one attached hydrogen (secondary N) is 2. The molecule has 2 bridgehead atoms. The molecule has 7 heteroatoms. The first-order chi connectivity index (χ1) is 11.0. The standard InChI is InChI=1S/C16H16N2O5/c19-11-4-2-1-3-10(11)14(20)17-18-15(21)12-8-5-6-9(7-8)13(12)16(22)23/h1-6,8-9,12-13,19H,7H2,(H,17,20)(H,18,21)(H,22,23)/p-1/t8-,9+,12+,13+/m0/s1. The summed E-state index contributed by atoms with van der Waals surface area (Å²) in [7, 11) is 0. The van der Waals surface area contributed by atoms with Crippen LogP contribution in [-0.4, -0.2) is 22.9 Å². The number of carboxylic acids is 1. The predicted octanol–water partition coefficient (Wildman–Crippen LogP) is -0.659. The lowest BCUT2D eigenvalue weighted by molar-refractivity contribution is -0.313. The van der Waals surface area contributed by atoms with Crippen LogP contribution in [0.15, 0.2) is 36.4 Å². The van der Waals surface area contributed by atoms with Gasteiger partial charge < -0.3 is 15.0 Å². The van der Waals surface area contributed by atoms with Crippen LogP contribution in [0.1, 0.15) is 16.8 Å². The van der Waals surface area contributed by atoms with Gasteiger partial charge in [-0.25, -0.2) is 0 Å². The zero-order chi connectivity index (χ0) is 16.6. The average Bonchev–Trinajstić information content (AvgIpc) is 3.13. The van der Waals surface area contributed by atoms with Gasteiger partial charge in [0.2, 0.25) is 5.91 Å². The molecule has 1 aromatic rings. The van der Waals surface area contributed by atoms with E-state index in [4.69, 9.17) is 0 Å². The van der Waals surface area contributed by atoms with Crippen molar-refractivity contribution in [1.82, 2.24) is 10.9 Å². The molecule has 7 nitrogen and oxygen atoms in total. The fraction of sp³-hybridized carbons (Fsp3) is 0.312. The molecule has 2 aliphatic rings. The lowest BCUT2D eigenvalue weighted by atomic mass is 9.82. The Morgan fingerprint density at radius 1 is 1.04 bits per heavy atom. The van der Waals surface area contributed by atoms with Crippen molar-refractivity contribution in [2.24, 2.45) is 23.7 Å². The Labute approximate surface area is 132 Å². The zero-order valence-electron chi connectivity index (χ0n) is 12.1. The van der Waals surface area contributed by atoms with Crippen molar-refractivity contribution in [1.29, 1.82) is 0 Å². The molecule has 3 N–H and O–H groups in total. The monoisotopic (exact) mass is 315 g/mol. The molecule has 0 aromatic heterocycles. The van der Waals surface area contributed by atoms with E-state index in [2.05, 4.69) is 10.9 Å². The van der Waals surface area contributed by atoms with E-state index >= 15 is 0 Å². The van der Waals surface area contributed by atoms with Crippen molar-refractivity contribution in [3.05, 3.63) is 42.0 Å². The van der Waals surface area contributed by atoms with Gasteiger partial charge in [-0.15, -0.1) is 0 Å². The van der Waals surface area contributed by atoms with Gasteiger partial charge in [0.05, 0.1) is 11.5 Å². The predicted molar refractivity (Wildman–Crippen MR) is 76.4 cm³/mol. The summed E-state index contributed by atoms with van der Waals surface area (Å²) in [5.74, 6) is -4.73. The molecule has 4 atom stereocenters. The van der Waals surface area contributed by atoms with Crippen LogP contribution in [0.25, 0.3) is 0 Å². The van der Waals surface area contributed by atoms with Gasteiger partial charge in [-0.05, 0) is 30.4 Å². The Morgan fingerprint density at radius 2 is 1.70 bits per heavy atom. The normalized spacial score (nSPS) is 27.7. The number of carboxylic acid groups (broad SMARTS) is 1. The van der Waals surface area contributed by atoms with E-state index < -0.39 is 29.6 Å². The number of allylic oxidation sites excluding steroid dienone is 2. The number of para-hydroxylation sites is 1. The number of hydrazine groups is 1. The van der Waals surface area contributed by atoms with Crippen molar-refractivity contribution < 1.29 is 24.6 Å². The Morgan fingerprint density at radius 3 is 2.35 bits per heavy atom. The molecule has 3 rings (SSSR count). The molecule has 120 valence electrons. The summed E-state index contributed by atoms with van der Waals surface area (Å²) >= 11 is 0. The zero-order valence-corrected chi connectivity index (χ0v) is 12.1. The quantitative estimate of drug-likeness (QED) is 0.505. The largest absolute Gasteiger partial charge is 0.550 e. The van der Waals surface area contributed by atoms with E-state index in [1.807, 2.05) is 6.08 Å². The first kappa shape index (κ1) is 15.1. The number of carbonyl (C=O) groups excluding carboxylic acids is 3. The maximum Gasteiger partial charge on any atom is 0.273 e. The Kier molecular flexibility index (Phi) is 3.77. The van der Waals surface area contributed by atoms with Gasteiger partial charge in [0.15, 0.2) is 0 Å². The van der Waals surface area contributed by atoms with Gasteiger partial charge in [0, 0.05) is 11.9 Å². The minimum atomic E-state index is -1.26. The second-order valence-electron chi connectivity index (χ2n) is 5.78. The third-order valence-electron chi connectivity index (χ3n) is 4.48. The van der Waals surface area contributed by atoms with Crippen LogP contribution in [0, 0.1) is 23.7 Å². The van der Waals surface area contributed by atoms with Gasteiger partial charge in [-0.3, -0.25) is 20.4 Å². The topological polar surface area (TPSA) is 119 Å². The van der Waals surface area contributed by atoms with Crippen LogP contribution in [0.3, 0.4) is 0 Å². The number of carbonyl (C=O) groups is 3. The molecule has 0 unspecified atom stereocenters. The van der Waals surface area contributed by atoms with Crippen molar-refractivity contribution in [2.75, 3.05) is 0 Å². The Balaban J connectivity index is 1.66. The molecule has 0 radical (unpaired) electrons. The number of benzene rings is 1. The second kappa shape index (κ2) is 5.75. The van der Waals surface area contributed by atoms with Crippen LogP contribution < -0.4 is 16.0 Å². The molecule has 0 heterocycles. The number of hydrogen-bond donors (Lipinski definition) is 3. The summed E-state index contributed by atoms with van der Waals surface area (Å²) in [5, 5.41) is 20.9. The van der Waals surface area contributed by atoms with E-state index in [9.17, 15) is 24.6 Å². The summed E-state index contributed by atoms with van der Waals surface area (Å²) < 4.78 is 0. The molecule has 0 spiro atoms. The van der Waals surface area contributed by atoms with E-state index in [1.54, 1.807) is 18.2 Å². The smallest absolute Gasteiger partial charge is 0.273 e. The highest BCUT2D eigenvalue weighted by atomic mass is 16.4. The van der Waals surface area contributed by atoms with Crippen molar-refractivity contribution in [3.8, 4) is 5.75 Å². The molecule has 23 heavy (non-hydrogen) atoms. The maximum atomic E-state index is 12.3. The lowest BCUT2D eigenvalue weighted by Crippen LogP contribution is -2.50. The summed E-state index contributed by atoms with van der Waals surface area (Å²) in [4.78, 5) is 35.5. The van der Waals surface area contributed by atoms with E-state index in [0.717, 1.165) is 0 Å². The van der Waals surface area contributed by atoms with Gasteiger partial charge >= 0.3 is 0 Å². The van der Waals surface area contributed by atoms with E-state index in [1.165, 1.54) is 12.1 Å². The minimum Gasteiger partial charge on any atom is -0.550 e. The molecular weight excluding hydrogens is 300 g/mol. The second-order valence-corrected chi connectivity index (χ2v) is 5.78. The van der Waals surface area contributed by atoms with Crippen LogP contribution in [0.4, 0.5) is 0 Å². The fourth-order valence-corrected chi connectivity index (χ4v) is 3.44. The summed E-state index contributed by atoms with van der Waals surface area (Å²) in [6.07, 6.45) is 4.23. The number of aliphatic carboxylic acids is 1. The highest BCUT2D eigenvalue weighted by molar-refractivity contribution is 5.98. The number of fused-ring (bicyclic) bond motifs is 2. The molecule has 2 aliphatic carbocycles. The highest BCUT2D eigenvalue weighted by Gasteiger charge is 2.48. The summed E-state index contributed by atoms with van der Waals surface area (Å²) in [6.45, 7) is 0.